The number of aryl methyl sites for hydroxylation is 1. The number of ether oxygens (including phenoxy) is 1. The molecule has 1 aromatic rings. The second-order valence-corrected chi connectivity index (χ2v) is 4.76. The van der Waals surface area contributed by atoms with Gasteiger partial charge in [-0.2, -0.15) is 0 Å². The van der Waals surface area contributed by atoms with Gasteiger partial charge in [-0.1, -0.05) is 23.5 Å². The van der Waals surface area contributed by atoms with Crippen LogP contribution in [0.2, 0.25) is 0 Å². The molecule has 5 nitrogen and oxygen atoms in total. The molecule has 1 amide bonds. The van der Waals surface area contributed by atoms with Gasteiger partial charge in [0.25, 0.3) is 5.91 Å². The van der Waals surface area contributed by atoms with Gasteiger partial charge >= 0.3 is 0 Å². The van der Waals surface area contributed by atoms with Crippen molar-refractivity contribution in [2.75, 3.05) is 25.5 Å². The molecule has 0 spiro atoms. The van der Waals surface area contributed by atoms with E-state index in [0.29, 0.717) is 35.5 Å². The number of nitrogen functional groups attached to an aromatic ring is 1. The van der Waals surface area contributed by atoms with Crippen LogP contribution in [0, 0.1) is 6.92 Å². The van der Waals surface area contributed by atoms with Crippen molar-refractivity contribution in [1.29, 1.82) is 0 Å². The fourth-order valence-corrected chi connectivity index (χ4v) is 1.94. The van der Waals surface area contributed by atoms with Gasteiger partial charge in [0, 0.05) is 6.54 Å². The van der Waals surface area contributed by atoms with Crippen molar-refractivity contribution in [1.82, 2.24) is 10.3 Å². The molecule has 0 fully saturated rings. The normalized spacial score (nSPS) is 10.2. The van der Waals surface area contributed by atoms with E-state index >= 15 is 0 Å². The quantitative estimate of drug-likeness (QED) is 0.594. The third-order valence-electron chi connectivity index (χ3n) is 1.90. The molecule has 0 aliphatic heterocycles. The zero-order chi connectivity index (χ0) is 12.8. The van der Waals surface area contributed by atoms with Crippen molar-refractivity contribution in [2.45, 2.75) is 13.8 Å². The van der Waals surface area contributed by atoms with Gasteiger partial charge in [0.1, 0.15) is 4.88 Å². The Hall–Kier alpha value is -1.40. The van der Waals surface area contributed by atoms with Gasteiger partial charge in [0.15, 0.2) is 5.13 Å². The fraction of sp³-hybridized carbons (Fsp3) is 0.455. The van der Waals surface area contributed by atoms with Crippen LogP contribution in [0.4, 0.5) is 5.13 Å². The van der Waals surface area contributed by atoms with Crippen molar-refractivity contribution in [3.8, 4) is 0 Å². The van der Waals surface area contributed by atoms with Gasteiger partial charge in [0.05, 0.1) is 18.9 Å². The molecule has 1 rings (SSSR count). The third kappa shape index (κ3) is 4.54. The summed E-state index contributed by atoms with van der Waals surface area (Å²) < 4.78 is 5.27. The molecule has 0 aliphatic rings. The smallest absolute Gasteiger partial charge is 0.263 e. The average molecular weight is 255 g/mol. The van der Waals surface area contributed by atoms with Crippen LogP contribution in [-0.2, 0) is 4.74 Å². The highest BCUT2D eigenvalue weighted by Crippen LogP contribution is 2.18. The molecule has 0 bridgehead atoms. The molecule has 3 N–H and O–H groups in total. The van der Waals surface area contributed by atoms with E-state index in [4.69, 9.17) is 10.5 Å². The molecule has 0 saturated heterocycles. The van der Waals surface area contributed by atoms with E-state index in [9.17, 15) is 4.79 Å². The van der Waals surface area contributed by atoms with Crippen molar-refractivity contribution < 1.29 is 9.53 Å². The van der Waals surface area contributed by atoms with E-state index in [1.165, 1.54) is 11.3 Å². The lowest BCUT2D eigenvalue weighted by Gasteiger charge is -2.05. The molecule has 94 valence electrons. The predicted octanol–water partition coefficient (Wildman–Crippen LogP) is 1.36. The predicted molar refractivity (Wildman–Crippen MR) is 69.2 cm³/mol. The Morgan fingerprint density at radius 3 is 2.88 bits per heavy atom. The topological polar surface area (TPSA) is 77.2 Å². The molecule has 0 aromatic carbocycles. The number of nitrogens with zero attached hydrogens (tertiary/aromatic N) is 1. The maximum atomic E-state index is 11.7. The summed E-state index contributed by atoms with van der Waals surface area (Å²) in [5.74, 6) is -0.157. The number of amides is 1. The summed E-state index contributed by atoms with van der Waals surface area (Å²) in [4.78, 5) is 16.3. The number of hydrogen-bond donors (Lipinski definition) is 2. The molecule has 6 heteroatoms. The van der Waals surface area contributed by atoms with Crippen LogP contribution in [-0.4, -0.2) is 30.6 Å². The van der Waals surface area contributed by atoms with Crippen LogP contribution in [0.3, 0.4) is 0 Å². The number of nitrogens with one attached hydrogen (secondary N) is 1. The molecule has 0 radical (unpaired) electrons. The molecule has 0 saturated carbocycles. The molecule has 1 aromatic heterocycles. The lowest BCUT2D eigenvalue weighted by molar-refractivity contribution is 0.0930. The fourth-order valence-electron chi connectivity index (χ4n) is 1.19. The van der Waals surface area contributed by atoms with Crippen molar-refractivity contribution in [3.63, 3.8) is 0 Å². The number of anilines is 1. The van der Waals surface area contributed by atoms with Crippen LogP contribution in [0.15, 0.2) is 12.2 Å². The van der Waals surface area contributed by atoms with Crippen LogP contribution in [0.25, 0.3) is 0 Å². The first-order valence-electron chi connectivity index (χ1n) is 5.24. The highest BCUT2D eigenvalue weighted by Gasteiger charge is 2.13. The van der Waals surface area contributed by atoms with E-state index in [2.05, 4.69) is 16.9 Å². The van der Waals surface area contributed by atoms with Crippen molar-refractivity contribution in [3.05, 3.63) is 22.7 Å². The highest BCUT2D eigenvalue weighted by atomic mass is 32.1. The first-order chi connectivity index (χ1) is 8.00. The van der Waals surface area contributed by atoms with E-state index in [-0.39, 0.29) is 5.91 Å². The Morgan fingerprint density at radius 1 is 1.65 bits per heavy atom. The van der Waals surface area contributed by atoms with Gasteiger partial charge in [-0.25, -0.2) is 4.98 Å². The van der Waals surface area contributed by atoms with Gasteiger partial charge in [-0.05, 0) is 13.8 Å². The second kappa shape index (κ2) is 6.36. The Morgan fingerprint density at radius 2 is 2.35 bits per heavy atom. The summed E-state index contributed by atoms with van der Waals surface area (Å²) in [6, 6.07) is 0. The van der Waals surface area contributed by atoms with E-state index in [1.807, 2.05) is 6.92 Å². The summed E-state index contributed by atoms with van der Waals surface area (Å²) in [5, 5.41) is 3.16. The molecule has 0 aliphatic carbocycles. The van der Waals surface area contributed by atoms with Crippen LogP contribution in [0.1, 0.15) is 22.3 Å². The SMILES string of the molecule is C=C(C)COCCNC(=O)c1sc(N)nc1C. The lowest BCUT2D eigenvalue weighted by Crippen LogP contribution is -2.27. The number of carbonyl (C=O) groups excluding carboxylic acids is 1. The number of carbonyl (C=O) groups is 1. The number of nitrogens with two attached hydrogens (primary N) is 1. The standard InChI is InChI=1S/C11H17N3O2S/c1-7(2)6-16-5-4-13-10(15)9-8(3)14-11(12)17-9/h1,4-6H2,2-3H3,(H2,12,14)(H,13,15). The molecular formula is C11H17N3O2S. The Labute approximate surface area is 105 Å². The summed E-state index contributed by atoms with van der Waals surface area (Å²) in [6.07, 6.45) is 0. The minimum atomic E-state index is -0.157. The maximum absolute atomic E-state index is 11.7. The lowest BCUT2D eigenvalue weighted by atomic mass is 10.4. The van der Waals surface area contributed by atoms with E-state index in [0.717, 1.165) is 5.57 Å². The van der Waals surface area contributed by atoms with Gasteiger partial charge < -0.3 is 15.8 Å². The maximum Gasteiger partial charge on any atom is 0.263 e. The first kappa shape index (κ1) is 13.7. The largest absolute Gasteiger partial charge is 0.375 e. The first-order valence-corrected chi connectivity index (χ1v) is 6.05. The molecular weight excluding hydrogens is 238 g/mol. The second-order valence-electron chi connectivity index (χ2n) is 3.73. The Bertz CT molecular complexity index is 415. The number of hydrogen-bond acceptors (Lipinski definition) is 5. The van der Waals surface area contributed by atoms with E-state index in [1.54, 1.807) is 6.92 Å². The summed E-state index contributed by atoms with van der Waals surface area (Å²) in [6.45, 7) is 8.81. The molecule has 0 atom stereocenters. The number of thiazole rings is 1. The van der Waals surface area contributed by atoms with Gasteiger partial charge in [0.2, 0.25) is 0 Å². The molecule has 17 heavy (non-hydrogen) atoms. The van der Waals surface area contributed by atoms with E-state index < -0.39 is 0 Å². The van der Waals surface area contributed by atoms with Crippen LogP contribution < -0.4 is 11.1 Å². The van der Waals surface area contributed by atoms with Gasteiger partial charge in [-0.3, -0.25) is 4.79 Å². The Kier molecular flexibility index (Phi) is 5.11. The number of aromatic nitrogens is 1. The van der Waals surface area contributed by atoms with Crippen LogP contribution in [0.5, 0.6) is 0 Å². The van der Waals surface area contributed by atoms with Crippen molar-refractivity contribution in [2.24, 2.45) is 0 Å². The monoisotopic (exact) mass is 255 g/mol. The van der Waals surface area contributed by atoms with Crippen LogP contribution >= 0.6 is 11.3 Å². The highest BCUT2D eigenvalue weighted by molar-refractivity contribution is 7.17. The molecule has 0 unspecified atom stereocenters. The molecule has 1 heterocycles. The zero-order valence-corrected chi connectivity index (χ0v) is 10.9. The summed E-state index contributed by atoms with van der Waals surface area (Å²) >= 11 is 1.19. The van der Waals surface area contributed by atoms with Gasteiger partial charge in [-0.15, -0.1) is 0 Å². The summed E-state index contributed by atoms with van der Waals surface area (Å²) in [7, 11) is 0. The Balaban J connectivity index is 2.30. The summed E-state index contributed by atoms with van der Waals surface area (Å²) in [5.41, 5.74) is 7.14. The third-order valence-corrected chi connectivity index (χ3v) is 2.89. The minimum Gasteiger partial charge on any atom is -0.375 e. The van der Waals surface area contributed by atoms with Crippen molar-refractivity contribution >= 4 is 22.4 Å². The minimum absolute atomic E-state index is 0.157. The average Bonchev–Trinajstić information content (AvgIpc) is 2.56. The zero-order valence-electron chi connectivity index (χ0n) is 10.1. The number of rotatable bonds is 6.